The van der Waals surface area contributed by atoms with Gasteiger partial charge in [-0.05, 0) is 25.9 Å². The molecule has 0 saturated carbocycles. The van der Waals surface area contributed by atoms with Crippen molar-refractivity contribution in [3.63, 3.8) is 0 Å². The Balaban J connectivity index is 2.56. The molecule has 3 heteroatoms. The first-order chi connectivity index (χ1) is 4.65. The third kappa shape index (κ3) is 1.29. The molecule has 2 N–H and O–H groups in total. The largest absolute Gasteiger partial charge is 0.317 e. The minimum Gasteiger partial charge on any atom is -0.317 e. The molecule has 0 aromatic rings. The van der Waals surface area contributed by atoms with Crippen molar-refractivity contribution in [2.24, 2.45) is 5.41 Å². The maximum atomic E-state index is 10.8. The highest BCUT2D eigenvalue weighted by Gasteiger charge is 2.32. The highest BCUT2D eigenvalue weighted by molar-refractivity contribution is 5.79. The molecule has 0 unspecified atom stereocenters. The predicted molar refractivity (Wildman–Crippen MR) is 38.3 cm³/mol. The lowest BCUT2D eigenvalue weighted by molar-refractivity contribution is -0.128. The summed E-state index contributed by atoms with van der Waals surface area (Å²) in [5, 5.41) is 3.16. The summed E-state index contributed by atoms with van der Waals surface area (Å²) in [6.07, 6.45) is 1.63. The SMILES string of the molecule is CC1(C([NH])=O)CCNCC1. The molecule has 0 atom stereocenters. The van der Waals surface area contributed by atoms with E-state index in [1.54, 1.807) is 0 Å². The van der Waals surface area contributed by atoms with E-state index in [4.69, 9.17) is 5.73 Å². The van der Waals surface area contributed by atoms with Gasteiger partial charge in [0.1, 0.15) is 0 Å². The summed E-state index contributed by atoms with van der Waals surface area (Å²) in [4.78, 5) is 10.8. The number of piperidine rings is 1. The Labute approximate surface area is 61.0 Å². The minimum absolute atomic E-state index is 0.356. The summed E-state index contributed by atoms with van der Waals surface area (Å²) in [6, 6.07) is 0. The van der Waals surface area contributed by atoms with Crippen LogP contribution in [0.4, 0.5) is 0 Å². The second-order valence-electron chi connectivity index (χ2n) is 3.14. The van der Waals surface area contributed by atoms with Crippen molar-refractivity contribution in [1.29, 1.82) is 0 Å². The van der Waals surface area contributed by atoms with E-state index < -0.39 is 5.91 Å². The summed E-state index contributed by atoms with van der Waals surface area (Å²) >= 11 is 0. The molecule has 0 spiro atoms. The molecule has 0 aromatic heterocycles. The highest BCUT2D eigenvalue weighted by atomic mass is 16.1. The van der Waals surface area contributed by atoms with Crippen molar-refractivity contribution >= 4 is 5.91 Å². The monoisotopic (exact) mass is 141 g/mol. The van der Waals surface area contributed by atoms with Gasteiger partial charge in [-0.1, -0.05) is 6.92 Å². The number of rotatable bonds is 1. The second kappa shape index (κ2) is 2.58. The first-order valence-corrected chi connectivity index (χ1v) is 3.62. The topological polar surface area (TPSA) is 52.9 Å². The van der Waals surface area contributed by atoms with E-state index in [0.29, 0.717) is 0 Å². The number of carbonyl (C=O) groups excluding carboxylic acids is 1. The Bertz CT molecular complexity index is 139. The summed E-state index contributed by atoms with van der Waals surface area (Å²) in [5.74, 6) is -0.408. The van der Waals surface area contributed by atoms with Crippen molar-refractivity contribution in [2.75, 3.05) is 13.1 Å². The molecule has 57 valence electrons. The van der Waals surface area contributed by atoms with Crippen LogP contribution < -0.4 is 11.1 Å². The highest BCUT2D eigenvalue weighted by Crippen LogP contribution is 2.27. The molecular formula is C7H13N2O. The molecule has 1 heterocycles. The number of carbonyl (C=O) groups is 1. The van der Waals surface area contributed by atoms with Crippen molar-refractivity contribution in [1.82, 2.24) is 11.1 Å². The zero-order valence-corrected chi connectivity index (χ0v) is 6.24. The van der Waals surface area contributed by atoms with E-state index in [1.165, 1.54) is 0 Å². The van der Waals surface area contributed by atoms with Crippen LogP contribution in [-0.2, 0) is 4.79 Å². The normalized spacial score (nSPS) is 24.1. The lowest BCUT2D eigenvalue weighted by Gasteiger charge is -2.29. The van der Waals surface area contributed by atoms with Crippen molar-refractivity contribution in [2.45, 2.75) is 19.8 Å². The summed E-state index contributed by atoms with van der Waals surface area (Å²) in [5.41, 5.74) is 6.65. The van der Waals surface area contributed by atoms with Gasteiger partial charge in [-0.3, -0.25) is 10.5 Å². The maximum absolute atomic E-state index is 10.8. The average molecular weight is 141 g/mol. The molecule has 0 bridgehead atoms. The minimum atomic E-state index is -0.408. The van der Waals surface area contributed by atoms with Gasteiger partial charge in [-0.25, -0.2) is 0 Å². The van der Waals surface area contributed by atoms with Gasteiger partial charge < -0.3 is 5.32 Å². The van der Waals surface area contributed by atoms with Gasteiger partial charge in [-0.2, -0.15) is 0 Å². The molecule has 0 aliphatic carbocycles. The lowest BCUT2D eigenvalue weighted by atomic mass is 9.80. The van der Waals surface area contributed by atoms with Crippen LogP contribution in [0, 0.1) is 5.41 Å². The molecule has 1 amide bonds. The molecule has 10 heavy (non-hydrogen) atoms. The molecule has 1 saturated heterocycles. The summed E-state index contributed by atoms with van der Waals surface area (Å²) in [7, 11) is 0. The van der Waals surface area contributed by atoms with E-state index in [1.807, 2.05) is 6.92 Å². The van der Waals surface area contributed by atoms with Crippen LogP contribution in [0.3, 0.4) is 0 Å². The zero-order chi connectivity index (χ0) is 7.61. The van der Waals surface area contributed by atoms with Crippen LogP contribution in [0.2, 0.25) is 0 Å². The summed E-state index contributed by atoms with van der Waals surface area (Å²) < 4.78 is 0. The van der Waals surface area contributed by atoms with Gasteiger partial charge in [0.15, 0.2) is 0 Å². The van der Waals surface area contributed by atoms with Crippen LogP contribution in [0.1, 0.15) is 19.8 Å². The molecule has 3 nitrogen and oxygen atoms in total. The molecular weight excluding hydrogens is 128 g/mol. The third-order valence-corrected chi connectivity index (χ3v) is 2.26. The number of nitrogens with one attached hydrogen (secondary N) is 2. The molecule has 1 fully saturated rings. The number of hydrogen-bond acceptors (Lipinski definition) is 2. The summed E-state index contributed by atoms with van der Waals surface area (Å²) in [6.45, 7) is 3.63. The van der Waals surface area contributed by atoms with Crippen molar-refractivity contribution < 1.29 is 4.79 Å². The van der Waals surface area contributed by atoms with Crippen LogP contribution in [-0.4, -0.2) is 19.0 Å². The standard InChI is InChI=1S/C7H13N2O/c1-7(6(8)10)2-4-9-5-3-7/h8-9H,2-5H2,1H3. The molecule has 1 rings (SSSR count). The lowest BCUT2D eigenvalue weighted by Crippen LogP contribution is -2.40. The number of amides is 1. The fourth-order valence-electron chi connectivity index (χ4n) is 1.21. The van der Waals surface area contributed by atoms with E-state index in [9.17, 15) is 4.79 Å². The van der Waals surface area contributed by atoms with Gasteiger partial charge in [0.05, 0.1) is 5.41 Å². The fourth-order valence-corrected chi connectivity index (χ4v) is 1.21. The number of hydrogen-bond donors (Lipinski definition) is 1. The van der Waals surface area contributed by atoms with E-state index >= 15 is 0 Å². The smallest absolute Gasteiger partial charge is 0.244 e. The van der Waals surface area contributed by atoms with Crippen LogP contribution in [0.25, 0.3) is 0 Å². The fraction of sp³-hybridized carbons (Fsp3) is 0.857. The van der Waals surface area contributed by atoms with Crippen molar-refractivity contribution in [3.8, 4) is 0 Å². The van der Waals surface area contributed by atoms with Gasteiger partial charge >= 0.3 is 0 Å². The molecule has 0 aromatic carbocycles. The Morgan fingerprint density at radius 3 is 2.30 bits per heavy atom. The Morgan fingerprint density at radius 1 is 1.50 bits per heavy atom. The maximum Gasteiger partial charge on any atom is 0.244 e. The van der Waals surface area contributed by atoms with Crippen LogP contribution >= 0.6 is 0 Å². The molecule has 1 aliphatic heterocycles. The van der Waals surface area contributed by atoms with E-state index in [0.717, 1.165) is 25.9 Å². The second-order valence-corrected chi connectivity index (χ2v) is 3.14. The third-order valence-electron chi connectivity index (χ3n) is 2.26. The molecule has 1 aliphatic rings. The Morgan fingerprint density at radius 2 is 2.00 bits per heavy atom. The van der Waals surface area contributed by atoms with E-state index in [-0.39, 0.29) is 5.41 Å². The average Bonchev–Trinajstić information content (AvgIpc) is 1.89. The van der Waals surface area contributed by atoms with E-state index in [2.05, 4.69) is 5.32 Å². The molecule has 1 radical (unpaired) electrons. The first kappa shape index (κ1) is 7.54. The van der Waals surface area contributed by atoms with Gasteiger partial charge in [-0.15, -0.1) is 0 Å². The van der Waals surface area contributed by atoms with Gasteiger partial charge in [0, 0.05) is 0 Å². The van der Waals surface area contributed by atoms with Crippen LogP contribution in [0.5, 0.6) is 0 Å². The predicted octanol–water partition coefficient (Wildman–Crippen LogP) is 0.186. The Kier molecular flexibility index (Phi) is 1.94. The van der Waals surface area contributed by atoms with Gasteiger partial charge in [0.25, 0.3) is 0 Å². The Hall–Kier alpha value is -0.570. The first-order valence-electron chi connectivity index (χ1n) is 3.62. The van der Waals surface area contributed by atoms with Gasteiger partial charge in [0.2, 0.25) is 5.91 Å². The van der Waals surface area contributed by atoms with Crippen LogP contribution in [0.15, 0.2) is 0 Å². The van der Waals surface area contributed by atoms with Crippen molar-refractivity contribution in [3.05, 3.63) is 0 Å². The zero-order valence-electron chi connectivity index (χ0n) is 6.24. The quantitative estimate of drug-likeness (QED) is 0.566.